The summed E-state index contributed by atoms with van der Waals surface area (Å²) in [6.45, 7) is 3.15. The van der Waals surface area contributed by atoms with Crippen molar-refractivity contribution in [2.24, 2.45) is 0 Å². The van der Waals surface area contributed by atoms with Crippen molar-refractivity contribution in [3.05, 3.63) is 30.0 Å². The van der Waals surface area contributed by atoms with Gasteiger partial charge < -0.3 is 9.47 Å². The fourth-order valence-electron chi connectivity index (χ4n) is 1.56. The minimum absolute atomic E-state index is 0.0860. The maximum atomic E-state index is 11.8. The Balaban J connectivity index is 2.56. The van der Waals surface area contributed by atoms with Crippen LogP contribution in [0.15, 0.2) is 24.4 Å². The summed E-state index contributed by atoms with van der Waals surface area (Å²) in [5.74, 6) is -1.23. The van der Waals surface area contributed by atoms with E-state index in [-0.39, 0.29) is 18.1 Å². The molecular weight excluding hydrogens is 248 g/mol. The summed E-state index contributed by atoms with van der Waals surface area (Å²) in [4.78, 5) is 31.0. The van der Waals surface area contributed by atoms with E-state index in [2.05, 4.69) is 9.97 Å². The summed E-state index contributed by atoms with van der Waals surface area (Å²) in [5.41, 5.74) is 0.504. The van der Waals surface area contributed by atoms with E-state index in [0.717, 1.165) is 0 Å². The smallest absolute Gasteiger partial charge is 0.343 e. The van der Waals surface area contributed by atoms with E-state index in [1.54, 1.807) is 31.3 Å². The predicted molar refractivity (Wildman–Crippen MR) is 66.8 cm³/mol. The molecule has 19 heavy (non-hydrogen) atoms. The Kier molecular flexibility index (Phi) is 3.70. The van der Waals surface area contributed by atoms with Crippen LogP contribution in [0, 0.1) is 0 Å². The third-order valence-corrected chi connectivity index (χ3v) is 2.29. The highest BCUT2D eigenvalue weighted by molar-refractivity contribution is 5.96. The zero-order chi connectivity index (χ0) is 13.8. The summed E-state index contributed by atoms with van der Waals surface area (Å²) < 4.78 is 9.84. The van der Waals surface area contributed by atoms with Gasteiger partial charge in [-0.25, -0.2) is 9.78 Å². The van der Waals surface area contributed by atoms with Gasteiger partial charge in [0.1, 0.15) is 5.56 Å². The maximum Gasteiger partial charge on any atom is 0.343 e. The molecule has 0 amide bonds. The van der Waals surface area contributed by atoms with Gasteiger partial charge in [-0.2, -0.15) is 4.98 Å². The monoisotopic (exact) mass is 260 g/mol. The fourth-order valence-corrected chi connectivity index (χ4v) is 1.56. The first-order valence-corrected chi connectivity index (χ1v) is 5.73. The predicted octanol–water partition coefficient (Wildman–Crippen LogP) is 1.73. The van der Waals surface area contributed by atoms with E-state index in [1.165, 1.54) is 6.92 Å². The molecule has 0 radical (unpaired) electrons. The zero-order valence-electron chi connectivity index (χ0n) is 10.5. The van der Waals surface area contributed by atoms with Crippen molar-refractivity contribution in [3.8, 4) is 5.88 Å². The average Bonchev–Trinajstić information content (AvgIpc) is 2.37. The van der Waals surface area contributed by atoms with E-state index >= 15 is 0 Å². The van der Waals surface area contributed by atoms with E-state index < -0.39 is 11.9 Å². The van der Waals surface area contributed by atoms with Crippen molar-refractivity contribution in [2.45, 2.75) is 13.8 Å². The summed E-state index contributed by atoms with van der Waals surface area (Å²) >= 11 is 0. The molecule has 6 heteroatoms. The molecule has 98 valence electrons. The molecule has 0 aliphatic carbocycles. The van der Waals surface area contributed by atoms with E-state index in [1.807, 2.05) is 0 Å². The number of nitrogens with zero attached hydrogens (tertiary/aromatic N) is 2. The Morgan fingerprint density at radius 1 is 1.37 bits per heavy atom. The van der Waals surface area contributed by atoms with Crippen molar-refractivity contribution in [1.82, 2.24) is 9.97 Å². The Hall–Kier alpha value is -2.50. The van der Waals surface area contributed by atoms with Gasteiger partial charge in [0.05, 0.1) is 6.61 Å². The molecule has 2 aromatic heterocycles. The van der Waals surface area contributed by atoms with Crippen LogP contribution in [0.25, 0.3) is 11.0 Å². The molecule has 0 atom stereocenters. The normalized spacial score (nSPS) is 10.2. The average molecular weight is 260 g/mol. The number of carbonyl (C=O) groups excluding carboxylic acids is 2. The molecule has 0 fully saturated rings. The topological polar surface area (TPSA) is 78.4 Å². The van der Waals surface area contributed by atoms with Gasteiger partial charge in [0, 0.05) is 18.5 Å². The summed E-state index contributed by atoms with van der Waals surface area (Å²) in [6.07, 6.45) is 1.57. The number of aromatic nitrogens is 2. The number of esters is 2. The molecule has 0 saturated carbocycles. The van der Waals surface area contributed by atoms with Crippen molar-refractivity contribution in [3.63, 3.8) is 0 Å². The Morgan fingerprint density at radius 3 is 2.84 bits per heavy atom. The van der Waals surface area contributed by atoms with Crippen molar-refractivity contribution in [2.75, 3.05) is 6.61 Å². The van der Waals surface area contributed by atoms with Crippen LogP contribution in [-0.4, -0.2) is 28.5 Å². The van der Waals surface area contributed by atoms with Gasteiger partial charge in [-0.1, -0.05) is 0 Å². The first-order valence-electron chi connectivity index (χ1n) is 5.73. The van der Waals surface area contributed by atoms with Crippen molar-refractivity contribution >= 4 is 23.0 Å². The van der Waals surface area contributed by atoms with Crippen LogP contribution in [0.5, 0.6) is 5.88 Å². The number of carbonyl (C=O) groups is 2. The number of ether oxygens (including phenoxy) is 2. The van der Waals surface area contributed by atoms with Crippen molar-refractivity contribution in [1.29, 1.82) is 0 Å². The molecule has 0 aromatic carbocycles. The van der Waals surface area contributed by atoms with Crippen LogP contribution in [-0.2, 0) is 9.53 Å². The van der Waals surface area contributed by atoms with Gasteiger partial charge in [0.15, 0.2) is 5.65 Å². The lowest BCUT2D eigenvalue weighted by molar-refractivity contribution is -0.132. The highest BCUT2D eigenvalue weighted by atomic mass is 16.6. The van der Waals surface area contributed by atoms with Gasteiger partial charge in [0.2, 0.25) is 5.88 Å². The standard InChI is InChI=1S/C13H12N2O4/c1-3-18-13(17)10-7-9-5-4-6-14-11(9)15-12(10)19-8(2)16/h4-7H,3H2,1-2H3. The van der Waals surface area contributed by atoms with Gasteiger partial charge in [-0.3, -0.25) is 4.79 Å². The molecule has 0 aliphatic heterocycles. The number of fused-ring (bicyclic) bond motifs is 1. The molecule has 0 bridgehead atoms. The van der Waals surface area contributed by atoms with Crippen LogP contribution in [0.2, 0.25) is 0 Å². The quantitative estimate of drug-likeness (QED) is 0.782. The van der Waals surface area contributed by atoms with Crippen LogP contribution in [0.1, 0.15) is 24.2 Å². The van der Waals surface area contributed by atoms with Gasteiger partial charge in [-0.15, -0.1) is 0 Å². The number of rotatable bonds is 3. The minimum atomic E-state index is -0.586. The molecule has 0 spiro atoms. The fraction of sp³-hybridized carbons (Fsp3) is 0.231. The van der Waals surface area contributed by atoms with Gasteiger partial charge in [0.25, 0.3) is 0 Å². The second-order valence-corrected chi connectivity index (χ2v) is 3.71. The van der Waals surface area contributed by atoms with E-state index in [9.17, 15) is 9.59 Å². The van der Waals surface area contributed by atoms with Crippen LogP contribution >= 0.6 is 0 Å². The summed E-state index contributed by atoms with van der Waals surface area (Å²) in [7, 11) is 0. The van der Waals surface area contributed by atoms with Crippen molar-refractivity contribution < 1.29 is 19.1 Å². The lowest BCUT2D eigenvalue weighted by Gasteiger charge is -2.08. The van der Waals surface area contributed by atoms with E-state index in [0.29, 0.717) is 11.0 Å². The van der Waals surface area contributed by atoms with Crippen LogP contribution in [0.4, 0.5) is 0 Å². The molecule has 2 heterocycles. The Bertz CT molecular complexity index is 640. The minimum Gasteiger partial charge on any atom is -0.462 e. The second kappa shape index (κ2) is 5.43. The highest BCUT2D eigenvalue weighted by Crippen LogP contribution is 2.22. The highest BCUT2D eigenvalue weighted by Gasteiger charge is 2.18. The molecular formula is C13H12N2O4. The van der Waals surface area contributed by atoms with Crippen LogP contribution < -0.4 is 4.74 Å². The number of hydrogen-bond acceptors (Lipinski definition) is 6. The maximum absolute atomic E-state index is 11.8. The third kappa shape index (κ3) is 2.85. The van der Waals surface area contributed by atoms with Gasteiger partial charge >= 0.3 is 11.9 Å². The molecule has 2 aromatic rings. The van der Waals surface area contributed by atoms with E-state index in [4.69, 9.17) is 9.47 Å². The Morgan fingerprint density at radius 2 is 2.16 bits per heavy atom. The van der Waals surface area contributed by atoms with Crippen LogP contribution in [0.3, 0.4) is 0 Å². The second-order valence-electron chi connectivity index (χ2n) is 3.71. The molecule has 6 nitrogen and oxygen atoms in total. The summed E-state index contributed by atoms with van der Waals surface area (Å²) in [5, 5.41) is 0.668. The Labute approximate surface area is 109 Å². The zero-order valence-corrected chi connectivity index (χ0v) is 10.5. The first-order chi connectivity index (χ1) is 9.11. The SMILES string of the molecule is CCOC(=O)c1cc2cccnc2nc1OC(C)=O. The first kappa shape index (κ1) is 12.9. The molecule has 0 saturated heterocycles. The number of pyridine rings is 2. The lowest BCUT2D eigenvalue weighted by atomic mass is 10.2. The molecule has 0 unspecified atom stereocenters. The summed E-state index contributed by atoms with van der Waals surface area (Å²) in [6, 6.07) is 5.03. The number of hydrogen-bond donors (Lipinski definition) is 0. The molecule has 2 rings (SSSR count). The molecule has 0 aliphatic rings. The largest absolute Gasteiger partial charge is 0.462 e. The van der Waals surface area contributed by atoms with Gasteiger partial charge in [-0.05, 0) is 25.1 Å². The third-order valence-electron chi connectivity index (χ3n) is 2.29. The molecule has 0 N–H and O–H groups in total. The lowest BCUT2D eigenvalue weighted by Crippen LogP contribution is -2.12.